The number of nitrogens with one attached hydrogen (secondary N) is 1. The fourth-order valence-electron chi connectivity index (χ4n) is 2.64. The van der Waals surface area contributed by atoms with E-state index >= 15 is 0 Å². The summed E-state index contributed by atoms with van der Waals surface area (Å²) in [5.41, 5.74) is 1.27. The first kappa shape index (κ1) is 16.2. The topological polar surface area (TPSA) is 67.3 Å². The first-order valence-corrected chi connectivity index (χ1v) is 8.28. The van der Waals surface area contributed by atoms with Gasteiger partial charge in [-0.2, -0.15) is 0 Å². The summed E-state index contributed by atoms with van der Waals surface area (Å²) in [4.78, 5) is 22.8. The number of anilines is 2. The van der Waals surface area contributed by atoms with Gasteiger partial charge in [-0.1, -0.05) is 0 Å². The van der Waals surface area contributed by atoms with Crippen LogP contribution in [0.25, 0.3) is 0 Å². The van der Waals surface area contributed by atoms with Gasteiger partial charge in [0.1, 0.15) is 11.4 Å². The molecule has 1 aliphatic heterocycles. The molecular formula is C18H22N4O2. The highest BCUT2D eigenvalue weighted by atomic mass is 16.5. The number of nitrogens with zero attached hydrogens (tertiary/aromatic N) is 3. The maximum absolute atomic E-state index is 12.4. The van der Waals surface area contributed by atoms with E-state index in [1.54, 1.807) is 12.3 Å². The van der Waals surface area contributed by atoms with Crippen molar-refractivity contribution in [3.63, 3.8) is 0 Å². The standard InChI is InChI=1S/C18H22N4O2/c1-13(2)24-15-7-5-14(6-8-15)20-18-19-10-9-16(21-18)17(23)22-11-3-4-12-22/h5-10,13H,3-4,11-12H2,1-2H3,(H,19,20,21). The van der Waals surface area contributed by atoms with E-state index in [9.17, 15) is 4.79 Å². The molecule has 1 aromatic carbocycles. The Hall–Kier alpha value is -2.63. The van der Waals surface area contributed by atoms with Crippen molar-refractivity contribution in [1.29, 1.82) is 0 Å². The first-order chi connectivity index (χ1) is 11.6. The lowest BCUT2D eigenvalue weighted by molar-refractivity contribution is 0.0787. The minimum atomic E-state index is -0.0290. The second-order valence-electron chi connectivity index (χ2n) is 6.08. The minimum Gasteiger partial charge on any atom is -0.491 e. The molecule has 0 atom stereocenters. The molecular weight excluding hydrogens is 304 g/mol. The Labute approximate surface area is 141 Å². The minimum absolute atomic E-state index is 0.0290. The normalized spacial score (nSPS) is 14.0. The van der Waals surface area contributed by atoms with E-state index in [2.05, 4.69) is 15.3 Å². The largest absolute Gasteiger partial charge is 0.491 e. The van der Waals surface area contributed by atoms with Gasteiger partial charge in [-0.15, -0.1) is 0 Å². The van der Waals surface area contributed by atoms with Crippen LogP contribution >= 0.6 is 0 Å². The highest BCUT2D eigenvalue weighted by molar-refractivity contribution is 5.92. The summed E-state index contributed by atoms with van der Waals surface area (Å²) < 4.78 is 5.62. The maximum Gasteiger partial charge on any atom is 0.272 e. The number of carbonyl (C=O) groups excluding carboxylic acids is 1. The Morgan fingerprint density at radius 1 is 1.17 bits per heavy atom. The number of hydrogen-bond donors (Lipinski definition) is 1. The van der Waals surface area contributed by atoms with Crippen LogP contribution in [-0.4, -0.2) is 40.0 Å². The van der Waals surface area contributed by atoms with Crippen molar-refractivity contribution in [2.45, 2.75) is 32.8 Å². The van der Waals surface area contributed by atoms with Crippen LogP contribution in [0, 0.1) is 0 Å². The van der Waals surface area contributed by atoms with E-state index in [0.29, 0.717) is 11.6 Å². The molecule has 0 saturated carbocycles. The Balaban J connectivity index is 1.69. The van der Waals surface area contributed by atoms with Crippen LogP contribution in [-0.2, 0) is 0 Å². The van der Waals surface area contributed by atoms with Gasteiger partial charge in [-0.05, 0) is 57.0 Å². The van der Waals surface area contributed by atoms with Gasteiger partial charge >= 0.3 is 0 Å². The Morgan fingerprint density at radius 3 is 2.54 bits per heavy atom. The molecule has 126 valence electrons. The van der Waals surface area contributed by atoms with Gasteiger partial charge in [0, 0.05) is 25.0 Å². The van der Waals surface area contributed by atoms with Crippen molar-refractivity contribution >= 4 is 17.5 Å². The number of rotatable bonds is 5. The van der Waals surface area contributed by atoms with Gasteiger partial charge < -0.3 is 15.0 Å². The van der Waals surface area contributed by atoms with Crippen LogP contribution < -0.4 is 10.1 Å². The Kier molecular flexibility index (Phi) is 4.93. The van der Waals surface area contributed by atoms with Crippen molar-refractivity contribution in [2.75, 3.05) is 18.4 Å². The molecule has 2 aromatic rings. The zero-order valence-electron chi connectivity index (χ0n) is 14.0. The third kappa shape index (κ3) is 4.01. The highest BCUT2D eigenvalue weighted by Gasteiger charge is 2.20. The third-order valence-corrected chi connectivity index (χ3v) is 3.75. The van der Waals surface area contributed by atoms with E-state index in [0.717, 1.165) is 37.4 Å². The van der Waals surface area contributed by atoms with Gasteiger partial charge in [0.25, 0.3) is 5.91 Å². The molecule has 1 saturated heterocycles. The lowest BCUT2D eigenvalue weighted by Gasteiger charge is -2.15. The van der Waals surface area contributed by atoms with E-state index < -0.39 is 0 Å². The quantitative estimate of drug-likeness (QED) is 0.913. The van der Waals surface area contributed by atoms with Gasteiger partial charge in [0.2, 0.25) is 5.95 Å². The van der Waals surface area contributed by atoms with Crippen LogP contribution in [0.3, 0.4) is 0 Å². The monoisotopic (exact) mass is 326 g/mol. The van der Waals surface area contributed by atoms with Gasteiger partial charge in [-0.25, -0.2) is 9.97 Å². The molecule has 24 heavy (non-hydrogen) atoms. The van der Waals surface area contributed by atoms with Crippen molar-refractivity contribution in [3.8, 4) is 5.75 Å². The smallest absolute Gasteiger partial charge is 0.272 e. The molecule has 1 N–H and O–H groups in total. The lowest BCUT2D eigenvalue weighted by atomic mass is 10.3. The molecule has 0 radical (unpaired) electrons. The van der Waals surface area contributed by atoms with Crippen LogP contribution in [0.5, 0.6) is 5.75 Å². The molecule has 1 fully saturated rings. The summed E-state index contributed by atoms with van der Waals surface area (Å²) in [6, 6.07) is 9.24. The van der Waals surface area contributed by atoms with Crippen LogP contribution in [0.1, 0.15) is 37.2 Å². The Bertz CT molecular complexity index is 694. The summed E-state index contributed by atoms with van der Waals surface area (Å²) in [5.74, 6) is 1.20. The van der Waals surface area contributed by atoms with Crippen LogP contribution in [0.15, 0.2) is 36.5 Å². The van der Waals surface area contributed by atoms with Gasteiger partial charge in [0.15, 0.2) is 0 Å². The maximum atomic E-state index is 12.4. The SMILES string of the molecule is CC(C)Oc1ccc(Nc2nccc(C(=O)N3CCCC3)n2)cc1. The summed E-state index contributed by atoms with van der Waals surface area (Å²) in [7, 11) is 0. The first-order valence-electron chi connectivity index (χ1n) is 8.28. The van der Waals surface area contributed by atoms with Crippen molar-refractivity contribution in [3.05, 3.63) is 42.2 Å². The molecule has 0 unspecified atom stereocenters. The van der Waals surface area contributed by atoms with E-state index in [4.69, 9.17) is 4.74 Å². The predicted octanol–water partition coefficient (Wildman–Crippen LogP) is 3.24. The number of amides is 1. The van der Waals surface area contributed by atoms with Crippen molar-refractivity contribution in [1.82, 2.24) is 14.9 Å². The average Bonchev–Trinajstić information content (AvgIpc) is 3.10. The zero-order valence-corrected chi connectivity index (χ0v) is 14.0. The molecule has 0 bridgehead atoms. The van der Waals surface area contributed by atoms with E-state index in [1.807, 2.05) is 43.0 Å². The molecule has 1 amide bonds. The average molecular weight is 326 g/mol. The third-order valence-electron chi connectivity index (χ3n) is 3.75. The number of aromatic nitrogens is 2. The number of hydrogen-bond acceptors (Lipinski definition) is 5. The van der Waals surface area contributed by atoms with Gasteiger partial charge in [-0.3, -0.25) is 4.79 Å². The molecule has 6 nitrogen and oxygen atoms in total. The summed E-state index contributed by atoms with van der Waals surface area (Å²) >= 11 is 0. The van der Waals surface area contributed by atoms with Gasteiger partial charge in [0.05, 0.1) is 6.10 Å². The summed E-state index contributed by atoms with van der Waals surface area (Å²) in [5, 5.41) is 3.12. The number of benzene rings is 1. The van der Waals surface area contributed by atoms with Crippen LogP contribution in [0.2, 0.25) is 0 Å². The molecule has 0 aliphatic carbocycles. The summed E-state index contributed by atoms with van der Waals surface area (Å²) in [6.07, 6.45) is 3.87. The fourth-order valence-corrected chi connectivity index (χ4v) is 2.64. The molecule has 6 heteroatoms. The lowest BCUT2D eigenvalue weighted by Crippen LogP contribution is -2.28. The predicted molar refractivity (Wildman–Crippen MR) is 92.7 cm³/mol. The van der Waals surface area contributed by atoms with E-state index in [-0.39, 0.29) is 12.0 Å². The van der Waals surface area contributed by atoms with Crippen molar-refractivity contribution < 1.29 is 9.53 Å². The Morgan fingerprint density at radius 2 is 1.88 bits per heavy atom. The highest BCUT2D eigenvalue weighted by Crippen LogP contribution is 2.19. The second-order valence-corrected chi connectivity index (χ2v) is 6.08. The molecule has 3 rings (SSSR count). The molecule has 1 aliphatic rings. The molecule has 2 heterocycles. The zero-order chi connectivity index (χ0) is 16.9. The number of ether oxygens (including phenoxy) is 1. The summed E-state index contributed by atoms with van der Waals surface area (Å²) in [6.45, 7) is 5.59. The second kappa shape index (κ2) is 7.29. The number of likely N-dealkylation sites (tertiary alicyclic amines) is 1. The van der Waals surface area contributed by atoms with Crippen LogP contribution in [0.4, 0.5) is 11.6 Å². The molecule has 1 aromatic heterocycles. The molecule has 0 spiro atoms. The van der Waals surface area contributed by atoms with Crippen molar-refractivity contribution in [2.24, 2.45) is 0 Å². The van der Waals surface area contributed by atoms with E-state index in [1.165, 1.54) is 0 Å². The number of carbonyl (C=O) groups is 1. The fraction of sp³-hybridized carbons (Fsp3) is 0.389.